The SMILES string of the molecule is CC(C=O)CN=NCC(C)C(=O)ON=O. The number of carbonyl (C=O) groups is 2. The van der Waals surface area contributed by atoms with Gasteiger partial charge in [0, 0.05) is 5.92 Å². The van der Waals surface area contributed by atoms with Gasteiger partial charge in [-0.25, -0.2) is 4.79 Å². The van der Waals surface area contributed by atoms with Gasteiger partial charge in [-0.2, -0.15) is 10.2 Å². The number of rotatable bonds is 7. The molecule has 0 saturated heterocycles. The Balaban J connectivity index is 3.78. The highest BCUT2D eigenvalue weighted by Gasteiger charge is 2.14. The van der Waals surface area contributed by atoms with Crippen molar-refractivity contribution in [2.45, 2.75) is 13.8 Å². The Hall–Kier alpha value is -1.66. The molecule has 0 aromatic heterocycles. The predicted molar refractivity (Wildman–Crippen MR) is 50.9 cm³/mol. The zero-order valence-electron chi connectivity index (χ0n) is 8.62. The van der Waals surface area contributed by atoms with E-state index in [2.05, 4.69) is 15.1 Å². The number of nitrogens with zero attached hydrogens (tertiary/aromatic N) is 3. The average molecular weight is 215 g/mol. The van der Waals surface area contributed by atoms with Crippen LogP contribution in [0.1, 0.15) is 13.8 Å². The lowest BCUT2D eigenvalue weighted by Gasteiger charge is -2.01. The zero-order valence-corrected chi connectivity index (χ0v) is 8.62. The van der Waals surface area contributed by atoms with Crippen molar-refractivity contribution in [1.82, 2.24) is 0 Å². The van der Waals surface area contributed by atoms with Crippen LogP contribution in [-0.4, -0.2) is 25.3 Å². The number of hydrogen-bond donors (Lipinski definition) is 0. The first-order valence-corrected chi connectivity index (χ1v) is 4.43. The Kier molecular flexibility index (Phi) is 6.86. The van der Waals surface area contributed by atoms with Crippen LogP contribution in [0.25, 0.3) is 0 Å². The molecule has 7 heteroatoms. The maximum atomic E-state index is 10.9. The largest absolute Gasteiger partial charge is 0.343 e. The van der Waals surface area contributed by atoms with Gasteiger partial charge in [-0.15, -0.1) is 4.91 Å². The molecule has 7 nitrogen and oxygen atoms in total. The van der Waals surface area contributed by atoms with Gasteiger partial charge >= 0.3 is 5.97 Å². The minimum absolute atomic E-state index is 0.111. The molecule has 15 heavy (non-hydrogen) atoms. The monoisotopic (exact) mass is 215 g/mol. The first-order chi connectivity index (χ1) is 7.11. The molecule has 0 aromatic carbocycles. The lowest BCUT2D eigenvalue weighted by molar-refractivity contribution is -0.147. The van der Waals surface area contributed by atoms with Crippen LogP contribution in [0.5, 0.6) is 0 Å². The lowest BCUT2D eigenvalue weighted by atomic mass is 10.2. The number of hydrogen-bond acceptors (Lipinski definition) is 7. The molecule has 0 aliphatic carbocycles. The molecule has 2 atom stereocenters. The maximum absolute atomic E-state index is 10.9. The Morgan fingerprint density at radius 1 is 1.33 bits per heavy atom. The average Bonchev–Trinajstić information content (AvgIpc) is 2.23. The van der Waals surface area contributed by atoms with Crippen molar-refractivity contribution in [2.24, 2.45) is 27.4 Å². The summed E-state index contributed by atoms with van der Waals surface area (Å²) in [5.41, 5.74) is 0. The van der Waals surface area contributed by atoms with Crippen molar-refractivity contribution in [3.63, 3.8) is 0 Å². The molecule has 0 heterocycles. The predicted octanol–water partition coefficient (Wildman–Crippen LogP) is 1.13. The summed E-state index contributed by atoms with van der Waals surface area (Å²) >= 11 is 0. The van der Waals surface area contributed by atoms with E-state index in [4.69, 9.17) is 0 Å². The van der Waals surface area contributed by atoms with Crippen molar-refractivity contribution in [2.75, 3.05) is 13.1 Å². The van der Waals surface area contributed by atoms with Crippen LogP contribution >= 0.6 is 0 Å². The molecule has 0 spiro atoms. The van der Waals surface area contributed by atoms with Crippen LogP contribution in [0, 0.1) is 16.7 Å². The molecule has 0 aromatic rings. The quantitative estimate of drug-likeness (QED) is 0.275. The van der Waals surface area contributed by atoms with Gasteiger partial charge in [0.25, 0.3) is 0 Å². The smallest absolute Gasteiger partial charge is 0.303 e. The lowest BCUT2D eigenvalue weighted by Crippen LogP contribution is -2.14. The van der Waals surface area contributed by atoms with Gasteiger partial charge in [-0.1, -0.05) is 6.92 Å². The van der Waals surface area contributed by atoms with E-state index in [-0.39, 0.29) is 19.0 Å². The molecule has 0 saturated carbocycles. The highest BCUT2D eigenvalue weighted by Crippen LogP contribution is 2.00. The van der Waals surface area contributed by atoms with Crippen LogP contribution in [0.15, 0.2) is 15.6 Å². The van der Waals surface area contributed by atoms with E-state index in [1.807, 2.05) is 5.34 Å². The van der Waals surface area contributed by atoms with Crippen LogP contribution in [-0.2, 0) is 14.4 Å². The Bertz CT molecular complexity index is 254. The third-order valence-corrected chi connectivity index (χ3v) is 1.59. The molecule has 0 N–H and O–H groups in total. The fraction of sp³-hybridized carbons (Fsp3) is 0.750. The summed E-state index contributed by atoms with van der Waals surface area (Å²) in [6.45, 7) is 3.65. The Morgan fingerprint density at radius 2 is 1.93 bits per heavy atom. The van der Waals surface area contributed by atoms with Crippen LogP contribution < -0.4 is 0 Å². The standard InChI is InChI=1S/C8H13N3O4/c1-6(5-12)3-9-10-4-7(2)8(13)15-11-14/h5-7H,3-4H2,1-2H3. The summed E-state index contributed by atoms with van der Waals surface area (Å²) in [5, 5.41) is 9.39. The number of aldehydes is 1. The summed E-state index contributed by atoms with van der Waals surface area (Å²) in [6, 6.07) is 0. The third-order valence-electron chi connectivity index (χ3n) is 1.59. The molecule has 0 aliphatic rings. The van der Waals surface area contributed by atoms with E-state index in [1.165, 1.54) is 6.92 Å². The summed E-state index contributed by atoms with van der Waals surface area (Å²) in [5.74, 6) is -1.50. The molecule has 0 fully saturated rings. The molecular weight excluding hydrogens is 202 g/mol. The van der Waals surface area contributed by atoms with E-state index in [0.717, 1.165) is 6.29 Å². The summed E-state index contributed by atoms with van der Waals surface area (Å²) < 4.78 is 0. The van der Waals surface area contributed by atoms with Gasteiger partial charge in [0.2, 0.25) is 0 Å². The summed E-state index contributed by atoms with van der Waals surface area (Å²) in [6.07, 6.45) is 0.771. The Morgan fingerprint density at radius 3 is 2.47 bits per heavy atom. The van der Waals surface area contributed by atoms with Gasteiger partial charge in [0.05, 0.1) is 19.0 Å². The first-order valence-electron chi connectivity index (χ1n) is 4.43. The first kappa shape index (κ1) is 13.3. The second-order valence-corrected chi connectivity index (χ2v) is 3.15. The highest BCUT2D eigenvalue weighted by atomic mass is 16.7. The fourth-order valence-electron chi connectivity index (χ4n) is 0.611. The normalized spacial score (nSPS) is 14.5. The van der Waals surface area contributed by atoms with Gasteiger partial charge in [0.1, 0.15) is 6.29 Å². The maximum Gasteiger partial charge on any atom is 0.343 e. The van der Waals surface area contributed by atoms with Crippen LogP contribution in [0.3, 0.4) is 0 Å². The molecule has 0 bridgehead atoms. The topological polar surface area (TPSA) is 97.5 Å². The van der Waals surface area contributed by atoms with Crippen LogP contribution in [0.2, 0.25) is 0 Å². The van der Waals surface area contributed by atoms with Crippen molar-refractivity contribution < 1.29 is 14.4 Å². The van der Waals surface area contributed by atoms with Crippen LogP contribution in [0.4, 0.5) is 0 Å². The van der Waals surface area contributed by atoms with Gasteiger partial charge in [-0.3, -0.25) is 4.84 Å². The second kappa shape index (κ2) is 7.72. The fourth-order valence-corrected chi connectivity index (χ4v) is 0.611. The van der Waals surface area contributed by atoms with E-state index in [1.54, 1.807) is 6.92 Å². The van der Waals surface area contributed by atoms with Gasteiger partial charge in [0.15, 0.2) is 5.34 Å². The van der Waals surface area contributed by atoms with E-state index in [9.17, 15) is 14.5 Å². The van der Waals surface area contributed by atoms with E-state index < -0.39 is 11.9 Å². The minimum atomic E-state index is -0.743. The third kappa shape index (κ3) is 6.42. The molecule has 0 amide bonds. The summed E-state index contributed by atoms with van der Waals surface area (Å²) in [4.78, 5) is 34.5. The summed E-state index contributed by atoms with van der Waals surface area (Å²) in [7, 11) is 0. The van der Waals surface area contributed by atoms with Crippen molar-refractivity contribution >= 4 is 12.3 Å². The van der Waals surface area contributed by atoms with Gasteiger partial charge in [-0.05, 0) is 6.92 Å². The van der Waals surface area contributed by atoms with E-state index >= 15 is 0 Å². The highest BCUT2D eigenvalue weighted by molar-refractivity contribution is 5.71. The van der Waals surface area contributed by atoms with Gasteiger partial charge < -0.3 is 4.79 Å². The van der Waals surface area contributed by atoms with E-state index in [0.29, 0.717) is 0 Å². The van der Waals surface area contributed by atoms with Crippen molar-refractivity contribution in [3.8, 4) is 0 Å². The zero-order chi connectivity index (χ0) is 11.7. The minimum Gasteiger partial charge on any atom is -0.303 e. The molecule has 2 unspecified atom stereocenters. The second-order valence-electron chi connectivity index (χ2n) is 3.15. The molecule has 0 radical (unpaired) electrons. The van der Waals surface area contributed by atoms with Crippen molar-refractivity contribution in [1.29, 1.82) is 0 Å². The molecule has 0 rings (SSSR count). The Labute approximate surface area is 86.8 Å². The number of carbonyl (C=O) groups excluding carboxylic acids is 2. The van der Waals surface area contributed by atoms with Crippen molar-refractivity contribution in [3.05, 3.63) is 4.91 Å². The number of azo groups is 1. The molecule has 84 valence electrons. The molecular formula is C8H13N3O4. The molecule has 0 aliphatic heterocycles.